The van der Waals surface area contributed by atoms with E-state index in [-0.39, 0.29) is 18.2 Å². The fourth-order valence-corrected chi connectivity index (χ4v) is 4.23. The van der Waals surface area contributed by atoms with Gasteiger partial charge in [-0.2, -0.15) is 0 Å². The number of methoxy groups -OCH3 is 1. The first-order chi connectivity index (χ1) is 14.4. The van der Waals surface area contributed by atoms with E-state index in [1.165, 1.54) is 6.92 Å². The van der Waals surface area contributed by atoms with E-state index in [4.69, 9.17) is 9.47 Å². The van der Waals surface area contributed by atoms with Crippen LogP contribution in [0.25, 0.3) is 0 Å². The summed E-state index contributed by atoms with van der Waals surface area (Å²) in [6.45, 7) is 2.62. The largest absolute Gasteiger partial charge is 0.497 e. The molecule has 0 spiro atoms. The lowest BCUT2D eigenvalue weighted by molar-refractivity contribution is -0.125. The first-order valence-corrected chi connectivity index (χ1v) is 10.8. The molecule has 1 aliphatic heterocycles. The summed E-state index contributed by atoms with van der Waals surface area (Å²) >= 11 is 3.53. The lowest BCUT2D eigenvalue weighted by Crippen LogP contribution is -2.50. The number of nitrogens with one attached hydrogen (secondary N) is 2. The van der Waals surface area contributed by atoms with Gasteiger partial charge in [0.1, 0.15) is 5.75 Å². The Morgan fingerprint density at radius 3 is 2.47 bits per heavy atom. The summed E-state index contributed by atoms with van der Waals surface area (Å²) in [5, 5.41) is 6.15. The van der Waals surface area contributed by atoms with Gasteiger partial charge in [0.25, 0.3) is 0 Å². The predicted molar refractivity (Wildman–Crippen MR) is 118 cm³/mol. The Kier molecular flexibility index (Phi) is 7.50. The Morgan fingerprint density at radius 1 is 1.17 bits per heavy atom. The number of benzene rings is 2. The fraction of sp³-hybridized carbons (Fsp3) is 0.391. The number of amides is 2. The smallest absolute Gasteiger partial charge is 0.223 e. The summed E-state index contributed by atoms with van der Waals surface area (Å²) in [4.78, 5) is 24.9. The second-order valence-electron chi connectivity index (χ2n) is 7.48. The van der Waals surface area contributed by atoms with Crippen molar-refractivity contribution < 1.29 is 19.1 Å². The highest BCUT2D eigenvalue weighted by atomic mass is 79.9. The molecule has 3 rings (SSSR count). The van der Waals surface area contributed by atoms with Crippen LogP contribution in [0.15, 0.2) is 53.0 Å². The molecule has 0 radical (unpaired) electrons. The summed E-state index contributed by atoms with van der Waals surface area (Å²) < 4.78 is 11.7. The van der Waals surface area contributed by atoms with Crippen LogP contribution in [0, 0.1) is 0 Å². The van der Waals surface area contributed by atoms with Gasteiger partial charge in [-0.1, -0.05) is 40.2 Å². The highest BCUT2D eigenvalue weighted by Gasteiger charge is 2.36. The summed E-state index contributed by atoms with van der Waals surface area (Å²) in [6.07, 6.45) is 1.54. The van der Waals surface area contributed by atoms with Crippen molar-refractivity contribution in [3.8, 4) is 5.75 Å². The number of ether oxygens (including phenoxy) is 2. The highest BCUT2D eigenvalue weighted by Crippen LogP contribution is 2.34. The van der Waals surface area contributed by atoms with Crippen molar-refractivity contribution in [1.82, 2.24) is 10.6 Å². The number of hydrogen-bond acceptors (Lipinski definition) is 4. The van der Waals surface area contributed by atoms with Crippen molar-refractivity contribution in [3.63, 3.8) is 0 Å². The Labute approximate surface area is 185 Å². The van der Waals surface area contributed by atoms with Crippen molar-refractivity contribution in [3.05, 3.63) is 64.1 Å². The molecule has 1 fully saturated rings. The van der Waals surface area contributed by atoms with Crippen molar-refractivity contribution in [2.75, 3.05) is 20.3 Å². The zero-order chi connectivity index (χ0) is 21.6. The normalized spacial score (nSPS) is 16.4. The molecule has 1 atom stereocenters. The quantitative estimate of drug-likeness (QED) is 0.638. The Balaban J connectivity index is 1.80. The Hall–Kier alpha value is -2.38. The van der Waals surface area contributed by atoms with Gasteiger partial charge in [0.05, 0.1) is 25.1 Å². The van der Waals surface area contributed by atoms with E-state index in [1.54, 1.807) is 7.11 Å². The third kappa shape index (κ3) is 5.61. The van der Waals surface area contributed by atoms with E-state index in [9.17, 15) is 9.59 Å². The first kappa shape index (κ1) is 22.3. The standard InChI is InChI=1S/C23H27BrN2O4/c1-16(27)25-21(17-6-8-20(29-2)9-7-17)15-22(28)26-23(10-12-30-13-11-23)18-4-3-5-19(24)14-18/h3-9,14,21H,10-13,15H2,1-2H3,(H,25,27)(H,26,28). The average molecular weight is 475 g/mol. The zero-order valence-corrected chi connectivity index (χ0v) is 18.8. The molecule has 2 amide bonds. The van der Waals surface area contributed by atoms with E-state index < -0.39 is 11.6 Å². The molecule has 160 valence electrons. The van der Waals surface area contributed by atoms with E-state index in [2.05, 4.69) is 26.6 Å². The van der Waals surface area contributed by atoms with Crippen LogP contribution in [-0.4, -0.2) is 32.1 Å². The summed E-state index contributed by atoms with van der Waals surface area (Å²) in [5.74, 6) is 0.420. The maximum Gasteiger partial charge on any atom is 0.223 e. The van der Waals surface area contributed by atoms with Crippen LogP contribution < -0.4 is 15.4 Å². The van der Waals surface area contributed by atoms with E-state index in [0.717, 1.165) is 21.3 Å². The lowest BCUT2D eigenvalue weighted by atomic mass is 9.82. The van der Waals surface area contributed by atoms with Crippen LogP contribution in [0.4, 0.5) is 0 Å². The molecule has 0 aromatic heterocycles. The summed E-state index contributed by atoms with van der Waals surface area (Å²) in [5.41, 5.74) is 1.42. The maximum absolute atomic E-state index is 13.1. The Bertz CT molecular complexity index is 879. The van der Waals surface area contributed by atoms with Crippen LogP contribution in [0.1, 0.15) is 43.4 Å². The first-order valence-electron chi connectivity index (χ1n) is 9.98. The molecular weight excluding hydrogens is 448 g/mol. The molecule has 2 aromatic rings. The predicted octanol–water partition coefficient (Wildman–Crippen LogP) is 3.85. The topological polar surface area (TPSA) is 76.7 Å². The number of halogens is 1. The van der Waals surface area contributed by atoms with Crippen molar-refractivity contribution in [2.24, 2.45) is 0 Å². The van der Waals surface area contributed by atoms with Gasteiger partial charge in [-0.3, -0.25) is 9.59 Å². The number of carbonyl (C=O) groups is 2. The third-order valence-corrected chi connectivity index (χ3v) is 5.88. The third-order valence-electron chi connectivity index (χ3n) is 5.39. The van der Waals surface area contributed by atoms with Crippen molar-refractivity contribution in [1.29, 1.82) is 0 Å². The summed E-state index contributed by atoms with van der Waals surface area (Å²) in [7, 11) is 1.60. The monoisotopic (exact) mass is 474 g/mol. The molecule has 2 N–H and O–H groups in total. The van der Waals surface area contributed by atoms with Gasteiger partial charge in [0.15, 0.2) is 0 Å². The van der Waals surface area contributed by atoms with Gasteiger partial charge in [0.2, 0.25) is 11.8 Å². The van der Waals surface area contributed by atoms with Gasteiger partial charge in [0, 0.05) is 24.6 Å². The highest BCUT2D eigenvalue weighted by molar-refractivity contribution is 9.10. The molecule has 1 saturated heterocycles. The zero-order valence-electron chi connectivity index (χ0n) is 17.2. The van der Waals surface area contributed by atoms with E-state index >= 15 is 0 Å². The average Bonchev–Trinajstić information content (AvgIpc) is 2.73. The molecule has 7 heteroatoms. The van der Waals surface area contributed by atoms with Gasteiger partial charge in [-0.05, 0) is 48.2 Å². The minimum atomic E-state index is -0.486. The minimum absolute atomic E-state index is 0.119. The summed E-state index contributed by atoms with van der Waals surface area (Å²) in [6, 6.07) is 15.0. The van der Waals surface area contributed by atoms with Gasteiger partial charge < -0.3 is 20.1 Å². The van der Waals surface area contributed by atoms with Gasteiger partial charge >= 0.3 is 0 Å². The SMILES string of the molecule is COc1ccc(C(CC(=O)NC2(c3cccc(Br)c3)CCOCC2)NC(C)=O)cc1. The second kappa shape index (κ2) is 10.1. The second-order valence-corrected chi connectivity index (χ2v) is 8.40. The van der Waals surface area contributed by atoms with E-state index in [1.807, 2.05) is 48.5 Å². The molecule has 2 aromatic carbocycles. The van der Waals surface area contributed by atoms with E-state index in [0.29, 0.717) is 26.1 Å². The molecule has 1 heterocycles. The van der Waals surface area contributed by atoms with Crippen LogP contribution in [-0.2, 0) is 19.9 Å². The van der Waals surface area contributed by atoms with Crippen LogP contribution in [0.3, 0.4) is 0 Å². The number of rotatable bonds is 7. The van der Waals surface area contributed by atoms with Crippen LogP contribution in [0.2, 0.25) is 0 Å². The van der Waals surface area contributed by atoms with Crippen LogP contribution >= 0.6 is 15.9 Å². The molecule has 0 bridgehead atoms. The minimum Gasteiger partial charge on any atom is -0.497 e. The number of carbonyl (C=O) groups excluding carboxylic acids is 2. The van der Waals surface area contributed by atoms with Crippen LogP contribution in [0.5, 0.6) is 5.75 Å². The van der Waals surface area contributed by atoms with Crippen molar-refractivity contribution in [2.45, 2.75) is 37.8 Å². The molecule has 1 aliphatic rings. The molecule has 30 heavy (non-hydrogen) atoms. The fourth-order valence-electron chi connectivity index (χ4n) is 3.83. The maximum atomic E-state index is 13.1. The molecule has 0 aliphatic carbocycles. The number of hydrogen-bond donors (Lipinski definition) is 2. The molecular formula is C23H27BrN2O4. The lowest BCUT2D eigenvalue weighted by Gasteiger charge is -2.39. The van der Waals surface area contributed by atoms with Gasteiger partial charge in [-0.25, -0.2) is 0 Å². The molecule has 1 unspecified atom stereocenters. The molecule has 6 nitrogen and oxygen atoms in total. The van der Waals surface area contributed by atoms with Crippen molar-refractivity contribution >= 4 is 27.7 Å². The van der Waals surface area contributed by atoms with Gasteiger partial charge in [-0.15, -0.1) is 0 Å². The Morgan fingerprint density at radius 2 is 1.87 bits per heavy atom. The molecule has 0 saturated carbocycles.